The molecule has 1 aromatic carbocycles. The van der Waals surface area contributed by atoms with E-state index in [2.05, 4.69) is 4.98 Å². The van der Waals surface area contributed by atoms with E-state index in [0.29, 0.717) is 0 Å². The zero-order valence-corrected chi connectivity index (χ0v) is 10.1. The largest absolute Gasteiger partial charge is 0.481 e. The molecule has 0 bridgehead atoms. The van der Waals surface area contributed by atoms with Crippen LogP contribution in [0, 0.1) is 17.5 Å². The molecule has 0 atom stereocenters. The summed E-state index contributed by atoms with van der Waals surface area (Å²) in [6.45, 7) is 0. The van der Waals surface area contributed by atoms with E-state index in [1.807, 2.05) is 0 Å². The van der Waals surface area contributed by atoms with E-state index in [9.17, 15) is 18.0 Å². The molecule has 19 heavy (non-hydrogen) atoms. The molecule has 1 N–H and O–H groups in total. The molecule has 0 spiro atoms. The second kappa shape index (κ2) is 5.35. The van der Waals surface area contributed by atoms with Crippen LogP contribution in [0.1, 0.15) is 0 Å². The van der Waals surface area contributed by atoms with Gasteiger partial charge in [-0.1, -0.05) is 11.8 Å². The zero-order chi connectivity index (χ0) is 14.0. The third-order valence-electron chi connectivity index (χ3n) is 2.21. The molecule has 0 aliphatic heterocycles. The normalized spacial score (nSPS) is 10.7. The Hall–Kier alpha value is -1.96. The molecular formula is C11H7F3N2O2S. The van der Waals surface area contributed by atoms with Gasteiger partial charge in [-0.3, -0.25) is 9.36 Å². The van der Waals surface area contributed by atoms with Crippen molar-refractivity contribution in [3.63, 3.8) is 0 Å². The molecule has 0 saturated heterocycles. The molecule has 0 amide bonds. The Labute approximate surface area is 109 Å². The van der Waals surface area contributed by atoms with Gasteiger partial charge < -0.3 is 5.11 Å². The summed E-state index contributed by atoms with van der Waals surface area (Å²) in [5.74, 6) is -5.57. The number of nitrogens with zero attached hydrogens (tertiary/aromatic N) is 2. The number of benzene rings is 1. The van der Waals surface area contributed by atoms with E-state index in [1.165, 1.54) is 12.4 Å². The van der Waals surface area contributed by atoms with Crippen molar-refractivity contribution in [2.45, 2.75) is 5.16 Å². The van der Waals surface area contributed by atoms with Crippen molar-refractivity contribution in [1.82, 2.24) is 9.55 Å². The smallest absolute Gasteiger partial charge is 0.313 e. The van der Waals surface area contributed by atoms with Crippen molar-refractivity contribution < 1.29 is 23.1 Å². The van der Waals surface area contributed by atoms with Crippen LogP contribution in [0.5, 0.6) is 0 Å². The number of hydrogen-bond acceptors (Lipinski definition) is 3. The first kappa shape index (κ1) is 13.5. The highest BCUT2D eigenvalue weighted by molar-refractivity contribution is 7.99. The van der Waals surface area contributed by atoms with Crippen LogP contribution < -0.4 is 0 Å². The second-order valence-corrected chi connectivity index (χ2v) is 4.40. The number of imidazole rings is 1. The molecule has 100 valence electrons. The number of thioether (sulfide) groups is 1. The third-order valence-corrected chi connectivity index (χ3v) is 3.16. The van der Waals surface area contributed by atoms with Gasteiger partial charge in [0.15, 0.2) is 22.6 Å². The molecule has 1 heterocycles. The monoisotopic (exact) mass is 288 g/mol. The van der Waals surface area contributed by atoms with Crippen molar-refractivity contribution in [1.29, 1.82) is 0 Å². The highest BCUT2D eigenvalue weighted by Gasteiger charge is 2.17. The van der Waals surface area contributed by atoms with E-state index in [4.69, 9.17) is 5.11 Å². The van der Waals surface area contributed by atoms with Gasteiger partial charge in [-0.2, -0.15) is 0 Å². The highest BCUT2D eigenvalue weighted by Crippen LogP contribution is 2.24. The fourth-order valence-electron chi connectivity index (χ4n) is 1.41. The topological polar surface area (TPSA) is 55.1 Å². The lowest BCUT2D eigenvalue weighted by atomic mass is 10.3. The van der Waals surface area contributed by atoms with Crippen LogP contribution >= 0.6 is 11.8 Å². The van der Waals surface area contributed by atoms with Crippen molar-refractivity contribution in [3.8, 4) is 5.69 Å². The molecule has 8 heteroatoms. The molecule has 2 aromatic rings. The fourth-order valence-corrected chi connectivity index (χ4v) is 2.09. The lowest BCUT2D eigenvalue weighted by Gasteiger charge is -2.08. The summed E-state index contributed by atoms with van der Waals surface area (Å²) in [5, 5.41) is 8.74. The first-order valence-corrected chi connectivity index (χ1v) is 6.01. The van der Waals surface area contributed by atoms with Crippen molar-refractivity contribution >= 4 is 17.7 Å². The van der Waals surface area contributed by atoms with Crippen molar-refractivity contribution in [3.05, 3.63) is 42.0 Å². The van der Waals surface area contributed by atoms with Gasteiger partial charge in [0.1, 0.15) is 0 Å². The number of carbonyl (C=O) groups is 1. The second-order valence-electron chi connectivity index (χ2n) is 3.46. The molecule has 4 nitrogen and oxygen atoms in total. The van der Waals surface area contributed by atoms with Crippen LogP contribution in [-0.2, 0) is 4.79 Å². The van der Waals surface area contributed by atoms with Gasteiger partial charge in [-0.25, -0.2) is 18.2 Å². The summed E-state index contributed by atoms with van der Waals surface area (Å²) in [6, 6.07) is 1.85. The summed E-state index contributed by atoms with van der Waals surface area (Å²) in [7, 11) is 0. The predicted octanol–water partition coefficient (Wildman–Crippen LogP) is 2.47. The minimum absolute atomic E-state index is 0.173. The Morgan fingerprint density at radius 3 is 2.74 bits per heavy atom. The summed E-state index contributed by atoms with van der Waals surface area (Å²) in [4.78, 5) is 14.3. The number of rotatable bonds is 4. The maximum atomic E-state index is 13.6. The first-order chi connectivity index (χ1) is 9.00. The molecule has 0 aliphatic rings. The SMILES string of the molecule is O=C(O)CSc1nccn1-c1ccc(F)c(F)c1F. The van der Waals surface area contributed by atoms with E-state index in [0.717, 1.165) is 28.5 Å². The lowest BCUT2D eigenvalue weighted by molar-refractivity contribution is -0.133. The quantitative estimate of drug-likeness (QED) is 0.693. The Morgan fingerprint density at radius 2 is 2.05 bits per heavy atom. The standard InChI is InChI=1S/C11H7F3N2O2S/c12-6-1-2-7(10(14)9(6)13)16-4-3-15-11(16)19-5-8(17)18/h1-4H,5H2,(H,17,18). The van der Waals surface area contributed by atoms with Crippen molar-refractivity contribution in [2.75, 3.05) is 5.75 Å². The van der Waals surface area contributed by atoms with Crippen LogP contribution in [0.2, 0.25) is 0 Å². The van der Waals surface area contributed by atoms with Crippen LogP contribution in [-0.4, -0.2) is 26.4 Å². The summed E-state index contributed by atoms with van der Waals surface area (Å²) in [6.07, 6.45) is 2.64. The van der Waals surface area contributed by atoms with E-state index in [1.54, 1.807) is 0 Å². The highest BCUT2D eigenvalue weighted by atomic mass is 32.2. The Morgan fingerprint density at radius 1 is 1.32 bits per heavy atom. The summed E-state index contributed by atoms with van der Waals surface area (Å²) in [5.41, 5.74) is -0.232. The van der Waals surface area contributed by atoms with Crippen LogP contribution in [0.15, 0.2) is 29.7 Å². The van der Waals surface area contributed by atoms with E-state index >= 15 is 0 Å². The van der Waals surface area contributed by atoms with Gasteiger partial charge in [0, 0.05) is 12.4 Å². The fraction of sp³-hybridized carbons (Fsp3) is 0.0909. The zero-order valence-electron chi connectivity index (χ0n) is 9.31. The average Bonchev–Trinajstić information content (AvgIpc) is 2.82. The Kier molecular flexibility index (Phi) is 3.79. The number of aromatic nitrogens is 2. The van der Waals surface area contributed by atoms with Gasteiger partial charge in [-0.15, -0.1) is 0 Å². The van der Waals surface area contributed by atoms with Crippen LogP contribution in [0.25, 0.3) is 5.69 Å². The first-order valence-electron chi connectivity index (χ1n) is 5.02. The lowest BCUT2D eigenvalue weighted by Crippen LogP contribution is -2.04. The molecule has 1 aromatic heterocycles. The Bertz CT molecular complexity index is 630. The molecular weight excluding hydrogens is 281 g/mol. The number of aliphatic carboxylic acids is 1. The van der Waals surface area contributed by atoms with Gasteiger partial charge in [0.2, 0.25) is 0 Å². The maximum Gasteiger partial charge on any atom is 0.313 e. The summed E-state index contributed by atoms with van der Waals surface area (Å²) >= 11 is 0.845. The maximum absolute atomic E-state index is 13.6. The van der Waals surface area contributed by atoms with Crippen LogP contribution in [0.3, 0.4) is 0 Å². The van der Waals surface area contributed by atoms with Gasteiger partial charge in [-0.05, 0) is 12.1 Å². The molecule has 0 radical (unpaired) electrons. The molecule has 0 unspecified atom stereocenters. The molecule has 2 rings (SSSR count). The number of carboxylic acid groups (broad SMARTS) is 1. The van der Waals surface area contributed by atoms with E-state index < -0.39 is 23.4 Å². The van der Waals surface area contributed by atoms with Crippen LogP contribution in [0.4, 0.5) is 13.2 Å². The molecule has 0 aliphatic carbocycles. The average molecular weight is 288 g/mol. The van der Waals surface area contributed by atoms with Crippen molar-refractivity contribution in [2.24, 2.45) is 0 Å². The minimum Gasteiger partial charge on any atom is -0.481 e. The van der Waals surface area contributed by atoms with Gasteiger partial charge in [0.25, 0.3) is 0 Å². The number of carboxylic acids is 1. The molecule has 0 fully saturated rings. The summed E-state index contributed by atoms with van der Waals surface area (Å²) < 4.78 is 40.8. The minimum atomic E-state index is -1.58. The molecule has 0 saturated carbocycles. The Balaban J connectivity index is 2.40. The predicted molar refractivity (Wildman–Crippen MR) is 61.8 cm³/mol. The number of hydrogen-bond donors (Lipinski definition) is 1. The van der Waals surface area contributed by atoms with E-state index in [-0.39, 0.29) is 16.6 Å². The van der Waals surface area contributed by atoms with Gasteiger partial charge >= 0.3 is 5.97 Å². The third kappa shape index (κ3) is 2.73. The number of halogens is 3. The van der Waals surface area contributed by atoms with Gasteiger partial charge in [0.05, 0.1) is 11.4 Å².